The van der Waals surface area contributed by atoms with Gasteiger partial charge in [-0.25, -0.2) is 4.39 Å². The highest BCUT2D eigenvalue weighted by molar-refractivity contribution is 6.30. The molecule has 9 heteroatoms. The van der Waals surface area contributed by atoms with Crippen molar-refractivity contribution in [1.82, 2.24) is 4.57 Å². The van der Waals surface area contributed by atoms with Crippen LogP contribution in [0.1, 0.15) is 12.8 Å². The number of nitrogens with one attached hydrogen (secondary N) is 2. The summed E-state index contributed by atoms with van der Waals surface area (Å²) in [5.41, 5.74) is 6.59. The van der Waals surface area contributed by atoms with Gasteiger partial charge >= 0.3 is 0 Å². The van der Waals surface area contributed by atoms with Gasteiger partial charge in [0.05, 0.1) is 23.2 Å². The Morgan fingerprint density at radius 3 is 2.27 bits per heavy atom. The number of benzene rings is 2. The maximum Gasteiger partial charge on any atom is 0.255 e. The van der Waals surface area contributed by atoms with Crippen molar-refractivity contribution in [2.45, 2.75) is 18.9 Å². The van der Waals surface area contributed by atoms with Crippen molar-refractivity contribution < 1.29 is 14.0 Å². The van der Waals surface area contributed by atoms with Gasteiger partial charge in [0.2, 0.25) is 11.8 Å². The fraction of sp³-hybridized carbons (Fsp3) is 0.208. The van der Waals surface area contributed by atoms with Crippen molar-refractivity contribution in [2.24, 2.45) is 17.6 Å². The van der Waals surface area contributed by atoms with Crippen LogP contribution in [0.5, 0.6) is 0 Å². The molecule has 0 radical (unpaired) electrons. The Morgan fingerprint density at radius 1 is 0.970 bits per heavy atom. The number of anilines is 2. The van der Waals surface area contributed by atoms with E-state index in [0.717, 1.165) is 0 Å². The molecule has 170 valence electrons. The monoisotopic (exact) mass is 468 g/mol. The molecule has 4 N–H and O–H groups in total. The minimum Gasteiger partial charge on any atom is -0.328 e. The van der Waals surface area contributed by atoms with Gasteiger partial charge in [-0.1, -0.05) is 17.7 Å². The standard InChI is InChI=1S/C24H22ClFN4O3/c25-14-4-6-16(7-5-14)28-23(32)18-11-15(27)12-19(18)24(33)29-21-9-8-17(13-20(21)26)30-10-2-1-3-22(30)31/h1-10,13,15,18-19H,11-12,27H2,(H,28,32)(H,29,33)/t15?,18-,19+/m0/s1. The number of hydrogen-bond acceptors (Lipinski definition) is 4. The summed E-state index contributed by atoms with van der Waals surface area (Å²) in [5.74, 6) is -2.86. The first-order valence-corrected chi connectivity index (χ1v) is 10.8. The molecule has 1 fully saturated rings. The van der Waals surface area contributed by atoms with E-state index in [0.29, 0.717) is 29.2 Å². The Bertz CT molecular complexity index is 1240. The minimum atomic E-state index is -0.705. The van der Waals surface area contributed by atoms with Gasteiger partial charge in [-0.05, 0) is 55.3 Å². The lowest BCUT2D eigenvalue weighted by Crippen LogP contribution is -2.33. The zero-order chi connectivity index (χ0) is 23.5. The van der Waals surface area contributed by atoms with Crippen LogP contribution in [0.25, 0.3) is 5.69 Å². The molecule has 3 aromatic rings. The first kappa shape index (κ1) is 22.7. The average molecular weight is 469 g/mol. The fourth-order valence-electron chi connectivity index (χ4n) is 4.05. The third kappa shape index (κ3) is 5.13. The van der Waals surface area contributed by atoms with Crippen molar-refractivity contribution >= 4 is 34.8 Å². The summed E-state index contributed by atoms with van der Waals surface area (Å²) in [7, 11) is 0. The fourth-order valence-corrected chi connectivity index (χ4v) is 4.17. The summed E-state index contributed by atoms with van der Waals surface area (Å²) in [6, 6.07) is 15.0. The summed E-state index contributed by atoms with van der Waals surface area (Å²) in [4.78, 5) is 37.7. The molecule has 1 unspecified atom stereocenters. The van der Waals surface area contributed by atoms with E-state index in [4.69, 9.17) is 17.3 Å². The Morgan fingerprint density at radius 2 is 1.64 bits per heavy atom. The number of hydrogen-bond donors (Lipinski definition) is 3. The van der Waals surface area contributed by atoms with Crippen molar-refractivity contribution in [3.05, 3.63) is 88.1 Å². The van der Waals surface area contributed by atoms with E-state index in [1.54, 1.807) is 36.4 Å². The van der Waals surface area contributed by atoms with Gasteiger partial charge in [-0.15, -0.1) is 0 Å². The van der Waals surface area contributed by atoms with Gasteiger partial charge in [-0.2, -0.15) is 0 Å². The van der Waals surface area contributed by atoms with Gasteiger partial charge in [0, 0.05) is 35.1 Å². The summed E-state index contributed by atoms with van der Waals surface area (Å²) in [6.07, 6.45) is 2.18. The zero-order valence-corrected chi connectivity index (χ0v) is 18.3. The second-order valence-electron chi connectivity index (χ2n) is 8.00. The highest BCUT2D eigenvalue weighted by Crippen LogP contribution is 2.33. The molecule has 0 bridgehead atoms. The number of halogens is 2. The Balaban J connectivity index is 1.48. The van der Waals surface area contributed by atoms with Crippen LogP contribution in [0.3, 0.4) is 0 Å². The van der Waals surface area contributed by atoms with Crippen molar-refractivity contribution in [3.8, 4) is 5.69 Å². The van der Waals surface area contributed by atoms with Crippen LogP contribution >= 0.6 is 11.6 Å². The highest BCUT2D eigenvalue weighted by atomic mass is 35.5. The number of nitrogens with two attached hydrogens (primary N) is 1. The van der Waals surface area contributed by atoms with Crippen LogP contribution < -0.4 is 21.9 Å². The first-order chi connectivity index (χ1) is 15.8. The Hall–Kier alpha value is -3.49. The third-order valence-electron chi connectivity index (χ3n) is 5.70. The normalized spacial score (nSPS) is 19.8. The molecule has 2 aromatic carbocycles. The SMILES string of the molecule is NC1C[C@H](C(=O)Nc2ccc(Cl)cc2)[C@H](C(=O)Nc2ccc(-n3ccccc3=O)cc2F)C1. The third-order valence-corrected chi connectivity index (χ3v) is 5.95. The molecule has 0 aliphatic heterocycles. The van der Waals surface area contributed by atoms with Crippen molar-refractivity contribution in [2.75, 3.05) is 10.6 Å². The molecule has 0 spiro atoms. The van der Waals surface area contributed by atoms with Crippen LogP contribution in [-0.2, 0) is 9.59 Å². The maximum absolute atomic E-state index is 14.7. The molecular weight excluding hydrogens is 447 g/mol. The van der Waals surface area contributed by atoms with Crippen LogP contribution in [0.15, 0.2) is 71.7 Å². The maximum atomic E-state index is 14.7. The molecule has 1 saturated carbocycles. The van der Waals surface area contributed by atoms with E-state index in [1.165, 1.54) is 35.0 Å². The topological polar surface area (TPSA) is 106 Å². The van der Waals surface area contributed by atoms with Gasteiger partial charge in [-0.3, -0.25) is 19.0 Å². The van der Waals surface area contributed by atoms with E-state index in [1.807, 2.05) is 0 Å². The van der Waals surface area contributed by atoms with Gasteiger partial charge in [0.1, 0.15) is 5.82 Å². The zero-order valence-electron chi connectivity index (χ0n) is 17.5. The molecule has 7 nitrogen and oxygen atoms in total. The first-order valence-electron chi connectivity index (χ1n) is 10.4. The predicted octanol–water partition coefficient (Wildman–Crippen LogP) is 3.56. The van der Waals surface area contributed by atoms with Crippen LogP contribution in [-0.4, -0.2) is 22.4 Å². The smallest absolute Gasteiger partial charge is 0.255 e. The molecular formula is C24H22ClFN4O3. The molecule has 1 aliphatic rings. The number of pyridine rings is 1. The predicted molar refractivity (Wildman–Crippen MR) is 125 cm³/mol. The number of amides is 2. The summed E-state index contributed by atoms with van der Waals surface area (Å²) in [6.45, 7) is 0. The summed E-state index contributed by atoms with van der Waals surface area (Å²) < 4.78 is 16.0. The number of nitrogens with zero attached hydrogens (tertiary/aromatic N) is 1. The Labute approximate surface area is 194 Å². The van der Waals surface area contributed by atoms with Crippen molar-refractivity contribution in [1.29, 1.82) is 0 Å². The van der Waals surface area contributed by atoms with E-state index < -0.39 is 23.6 Å². The van der Waals surface area contributed by atoms with Gasteiger partial charge in [0.25, 0.3) is 5.56 Å². The van der Waals surface area contributed by atoms with E-state index in [-0.39, 0.29) is 23.2 Å². The Kier molecular flexibility index (Phi) is 6.57. The molecule has 33 heavy (non-hydrogen) atoms. The molecule has 1 aliphatic carbocycles. The molecule has 2 amide bonds. The van der Waals surface area contributed by atoms with Gasteiger partial charge < -0.3 is 16.4 Å². The number of carbonyl (C=O) groups is 2. The van der Waals surface area contributed by atoms with Crippen LogP contribution in [0.4, 0.5) is 15.8 Å². The molecule has 4 rings (SSSR count). The number of carbonyl (C=O) groups excluding carboxylic acids is 2. The lowest BCUT2D eigenvalue weighted by Gasteiger charge is -2.19. The molecule has 0 saturated heterocycles. The summed E-state index contributed by atoms with van der Waals surface area (Å²) in [5, 5.41) is 5.89. The van der Waals surface area contributed by atoms with E-state index in [2.05, 4.69) is 10.6 Å². The summed E-state index contributed by atoms with van der Waals surface area (Å²) >= 11 is 5.87. The molecule has 3 atom stereocenters. The van der Waals surface area contributed by atoms with E-state index >= 15 is 0 Å². The van der Waals surface area contributed by atoms with Crippen LogP contribution in [0, 0.1) is 17.7 Å². The average Bonchev–Trinajstić information content (AvgIpc) is 3.19. The molecule has 1 heterocycles. The minimum absolute atomic E-state index is 0.0370. The van der Waals surface area contributed by atoms with Crippen molar-refractivity contribution in [3.63, 3.8) is 0 Å². The lowest BCUT2D eigenvalue weighted by molar-refractivity contribution is -0.128. The van der Waals surface area contributed by atoms with Crippen LogP contribution in [0.2, 0.25) is 5.02 Å². The van der Waals surface area contributed by atoms with Gasteiger partial charge in [0.15, 0.2) is 0 Å². The number of aromatic nitrogens is 1. The quantitative estimate of drug-likeness (QED) is 0.532. The highest BCUT2D eigenvalue weighted by Gasteiger charge is 2.41. The lowest BCUT2D eigenvalue weighted by atomic mass is 9.94. The molecule has 1 aromatic heterocycles. The number of rotatable bonds is 5. The largest absolute Gasteiger partial charge is 0.328 e. The second-order valence-corrected chi connectivity index (χ2v) is 8.44. The van der Waals surface area contributed by atoms with E-state index in [9.17, 15) is 18.8 Å². The second kappa shape index (κ2) is 9.56.